The lowest BCUT2D eigenvalue weighted by Crippen LogP contribution is -2.24. The third kappa shape index (κ3) is 5.55. The topological polar surface area (TPSA) is 96.0 Å². The molecule has 1 amide bonds. The highest BCUT2D eigenvalue weighted by Crippen LogP contribution is 2.28. The number of carbonyl (C=O) groups is 2. The number of amides is 1. The van der Waals surface area contributed by atoms with Crippen LogP contribution in [0.15, 0.2) is 47.4 Å². The van der Waals surface area contributed by atoms with Gasteiger partial charge in [-0.3, -0.25) is 9.59 Å². The SMILES string of the molecule is CC(=O)c1cccc(OCC(=O)Nc2cc(S(=O)(=O)N(C)C)ccc2N(C)C)c1. The van der Waals surface area contributed by atoms with Crippen LogP contribution in [-0.4, -0.2) is 59.2 Å². The molecule has 0 heterocycles. The van der Waals surface area contributed by atoms with Crippen molar-refractivity contribution in [2.24, 2.45) is 0 Å². The summed E-state index contributed by atoms with van der Waals surface area (Å²) >= 11 is 0. The number of ketones is 1. The number of hydrogen-bond acceptors (Lipinski definition) is 6. The van der Waals surface area contributed by atoms with E-state index in [-0.39, 0.29) is 17.3 Å². The molecule has 0 aliphatic heterocycles. The fourth-order valence-corrected chi connectivity index (χ4v) is 3.44. The molecule has 2 aromatic rings. The van der Waals surface area contributed by atoms with Gasteiger partial charge in [0.25, 0.3) is 5.91 Å². The molecule has 0 aliphatic rings. The smallest absolute Gasteiger partial charge is 0.262 e. The predicted molar refractivity (Wildman–Crippen MR) is 112 cm³/mol. The number of hydrogen-bond donors (Lipinski definition) is 1. The van der Waals surface area contributed by atoms with Gasteiger partial charge in [0, 0.05) is 33.8 Å². The van der Waals surface area contributed by atoms with Crippen molar-refractivity contribution in [1.82, 2.24) is 4.31 Å². The zero-order valence-electron chi connectivity index (χ0n) is 17.1. The Labute approximate surface area is 171 Å². The largest absolute Gasteiger partial charge is 0.484 e. The Bertz CT molecular complexity index is 1020. The van der Waals surface area contributed by atoms with Gasteiger partial charge >= 0.3 is 0 Å². The fourth-order valence-electron chi connectivity index (χ4n) is 2.52. The molecule has 2 rings (SSSR count). The van der Waals surface area contributed by atoms with Crippen LogP contribution in [0.2, 0.25) is 0 Å². The number of benzene rings is 2. The molecule has 0 aliphatic carbocycles. The minimum Gasteiger partial charge on any atom is -0.484 e. The van der Waals surface area contributed by atoms with E-state index in [4.69, 9.17) is 4.74 Å². The van der Waals surface area contributed by atoms with E-state index >= 15 is 0 Å². The van der Waals surface area contributed by atoms with E-state index in [0.717, 1.165) is 4.31 Å². The maximum absolute atomic E-state index is 12.4. The average Bonchev–Trinajstić information content (AvgIpc) is 2.66. The molecule has 0 spiro atoms. The van der Waals surface area contributed by atoms with Crippen molar-refractivity contribution < 1.29 is 22.7 Å². The van der Waals surface area contributed by atoms with E-state index in [2.05, 4.69) is 5.32 Å². The Morgan fingerprint density at radius 1 is 1.03 bits per heavy atom. The molecule has 156 valence electrons. The third-order valence-corrected chi connectivity index (χ3v) is 5.92. The Kier molecular flexibility index (Phi) is 6.99. The number of carbonyl (C=O) groups excluding carboxylic acids is 2. The number of ether oxygens (including phenoxy) is 1. The van der Waals surface area contributed by atoms with E-state index in [0.29, 0.717) is 22.7 Å². The van der Waals surface area contributed by atoms with Gasteiger partial charge in [-0.15, -0.1) is 0 Å². The van der Waals surface area contributed by atoms with E-state index in [9.17, 15) is 18.0 Å². The molecule has 8 nitrogen and oxygen atoms in total. The number of nitrogens with zero attached hydrogens (tertiary/aromatic N) is 2. The maximum Gasteiger partial charge on any atom is 0.262 e. The van der Waals surface area contributed by atoms with Crippen LogP contribution >= 0.6 is 0 Å². The summed E-state index contributed by atoms with van der Waals surface area (Å²) in [5, 5.41) is 2.70. The predicted octanol–water partition coefficient (Wildman–Crippen LogP) is 2.22. The summed E-state index contributed by atoms with van der Waals surface area (Å²) in [4.78, 5) is 25.7. The summed E-state index contributed by atoms with van der Waals surface area (Å²) < 4.78 is 31.4. The Morgan fingerprint density at radius 2 is 1.72 bits per heavy atom. The van der Waals surface area contributed by atoms with Gasteiger partial charge < -0.3 is 15.0 Å². The molecule has 0 aromatic heterocycles. The summed E-state index contributed by atoms with van der Waals surface area (Å²) in [6.07, 6.45) is 0. The molecule has 29 heavy (non-hydrogen) atoms. The van der Waals surface area contributed by atoms with Crippen LogP contribution in [0.5, 0.6) is 5.75 Å². The van der Waals surface area contributed by atoms with Gasteiger partial charge in [0.2, 0.25) is 10.0 Å². The first-order valence-electron chi connectivity index (χ1n) is 8.80. The third-order valence-electron chi connectivity index (χ3n) is 4.11. The van der Waals surface area contributed by atoms with Gasteiger partial charge in [-0.1, -0.05) is 12.1 Å². The monoisotopic (exact) mass is 419 g/mol. The molecule has 1 N–H and O–H groups in total. The minimum absolute atomic E-state index is 0.0680. The maximum atomic E-state index is 12.4. The highest BCUT2D eigenvalue weighted by atomic mass is 32.2. The first kappa shape index (κ1) is 22.4. The Hall–Kier alpha value is -2.91. The Balaban J connectivity index is 2.20. The highest BCUT2D eigenvalue weighted by Gasteiger charge is 2.20. The molecule has 0 unspecified atom stereocenters. The average molecular weight is 420 g/mol. The van der Waals surface area contributed by atoms with Crippen molar-refractivity contribution in [1.29, 1.82) is 0 Å². The molecule has 0 saturated carbocycles. The molecular formula is C20H25N3O5S. The summed E-state index contributed by atoms with van der Waals surface area (Å²) in [6.45, 7) is 1.16. The van der Waals surface area contributed by atoms with Gasteiger partial charge in [-0.2, -0.15) is 0 Å². The van der Waals surface area contributed by atoms with E-state index in [1.54, 1.807) is 49.3 Å². The number of Topliss-reactive ketones (excluding diaryl/α,β-unsaturated/α-hetero) is 1. The molecule has 0 radical (unpaired) electrons. The highest BCUT2D eigenvalue weighted by molar-refractivity contribution is 7.89. The summed E-state index contributed by atoms with van der Waals surface area (Å²) in [5.74, 6) is -0.167. The van der Waals surface area contributed by atoms with Gasteiger partial charge in [0.05, 0.1) is 16.3 Å². The van der Waals surface area contributed by atoms with Crippen molar-refractivity contribution in [2.75, 3.05) is 45.0 Å². The molecule has 2 aromatic carbocycles. The van der Waals surface area contributed by atoms with E-state index < -0.39 is 15.9 Å². The van der Waals surface area contributed by atoms with Crippen LogP contribution in [-0.2, 0) is 14.8 Å². The normalized spacial score (nSPS) is 11.2. The van der Waals surface area contributed by atoms with Crippen LogP contribution in [0.1, 0.15) is 17.3 Å². The van der Waals surface area contributed by atoms with Gasteiger partial charge in [0.15, 0.2) is 12.4 Å². The van der Waals surface area contributed by atoms with Gasteiger partial charge in [0.1, 0.15) is 5.75 Å². The number of sulfonamides is 1. The number of anilines is 2. The van der Waals surface area contributed by atoms with Crippen molar-refractivity contribution >= 4 is 33.1 Å². The molecule has 0 saturated heterocycles. The number of nitrogens with one attached hydrogen (secondary N) is 1. The van der Waals surface area contributed by atoms with Crippen LogP contribution < -0.4 is 15.0 Å². The van der Waals surface area contributed by atoms with Crippen molar-refractivity contribution in [3.8, 4) is 5.75 Å². The first-order chi connectivity index (χ1) is 13.5. The standard InChI is InChI=1S/C20H25N3O5S/c1-14(24)15-7-6-8-16(11-15)28-13-20(25)21-18-12-17(29(26,27)23(4)5)9-10-19(18)22(2)3/h6-12H,13H2,1-5H3,(H,21,25). The lowest BCUT2D eigenvalue weighted by Gasteiger charge is -2.20. The lowest BCUT2D eigenvalue weighted by molar-refractivity contribution is -0.118. The molecular weight excluding hydrogens is 394 g/mol. The molecule has 0 fully saturated rings. The zero-order chi connectivity index (χ0) is 21.8. The second kappa shape index (κ2) is 9.06. The van der Waals surface area contributed by atoms with Crippen LogP contribution in [0.4, 0.5) is 11.4 Å². The summed E-state index contributed by atoms with van der Waals surface area (Å²) in [6, 6.07) is 11.1. The van der Waals surface area contributed by atoms with Crippen LogP contribution in [0.3, 0.4) is 0 Å². The molecule has 0 atom stereocenters. The van der Waals surface area contributed by atoms with Crippen molar-refractivity contribution in [2.45, 2.75) is 11.8 Å². The van der Waals surface area contributed by atoms with E-state index in [1.165, 1.54) is 33.2 Å². The van der Waals surface area contributed by atoms with E-state index in [1.807, 2.05) is 0 Å². The van der Waals surface area contributed by atoms with Gasteiger partial charge in [-0.25, -0.2) is 12.7 Å². The zero-order valence-corrected chi connectivity index (χ0v) is 17.9. The fraction of sp³-hybridized carbons (Fsp3) is 0.300. The van der Waals surface area contributed by atoms with Crippen LogP contribution in [0.25, 0.3) is 0 Å². The second-order valence-corrected chi connectivity index (χ2v) is 8.93. The summed E-state index contributed by atoms with van der Waals surface area (Å²) in [7, 11) is 2.81. The quantitative estimate of drug-likeness (QED) is 0.659. The lowest BCUT2D eigenvalue weighted by atomic mass is 10.1. The minimum atomic E-state index is -3.65. The molecule has 9 heteroatoms. The second-order valence-electron chi connectivity index (χ2n) is 6.78. The van der Waals surface area contributed by atoms with Crippen molar-refractivity contribution in [3.63, 3.8) is 0 Å². The Morgan fingerprint density at radius 3 is 2.31 bits per heavy atom. The van der Waals surface area contributed by atoms with Crippen LogP contribution in [0, 0.1) is 0 Å². The first-order valence-corrected chi connectivity index (χ1v) is 10.2. The molecule has 0 bridgehead atoms. The number of rotatable bonds is 8. The van der Waals surface area contributed by atoms with Gasteiger partial charge in [-0.05, 0) is 37.3 Å². The van der Waals surface area contributed by atoms with Crippen molar-refractivity contribution in [3.05, 3.63) is 48.0 Å². The summed E-state index contributed by atoms with van der Waals surface area (Å²) in [5.41, 5.74) is 1.48.